The van der Waals surface area contributed by atoms with E-state index < -0.39 is 0 Å². The lowest BCUT2D eigenvalue weighted by Gasteiger charge is -2.26. The van der Waals surface area contributed by atoms with Crippen LogP contribution in [0.2, 0.25) is 0 Å². The Morgan fingerprint density at radius 1 is 1.03 bits per heavy atom. The van der Waals surface area contributed by atoms with E-state index in [9.17, 15) is 9.59 Å². The Balaban J connectivity index is 1.61. The van der Waals surface area contributed by atoms with Gasteiger partial charge in [-0.05, 0) is 26.7 Å². The molecule has 1 atom stereocenters. The number of nitrogens with zero attached hydrogens (tertiary/aromatic N) is 6. The van der Waals surface area contributed by atoms with Gasteiger partial charge in [-0.25, -0.2) is 4.79 Å². The summed E-state index contributed by atoms with van der Waals surface area (Å²) in [4.78, 5) is 33.4. The Kier molecular flexibility index (Phi) is 5.23. The fraction of sp³-hybridized carbons (Fsp3) is 0.667. The van der Waals surface area contributed by atoms with Gasteiger partial charge in [0.2, 0.25) is 5.78 Å². The van der Waals surface area contributed by atoms with Crippen molar-refractivity contribution in [2.75, 3.05) is 39.5 Å². The second-order valence-electron chi connectivity index (χ2n) is 8.59. The van der Waals surface area contributed by atoms with E-state index in [-0.39, 0.29) is 17.4 Å². The molecule has 10 heteroatoms. The zero-order valence-electron chi connectivity index (χ0n) is 18.5. The minimum Gasteiger partial charge on any atom is -0.379 e. The highest BCUT2D eigenvalue weighted by Crippen LogP contribution is 2.23. The lowest BCUT2D eigenvalue weighted by Crippen LogP contribution is -2.44. The van der Waals surface area contributed by atoms with Gasteiger partial charge in [-0.2, -0.15) is 4.98 Å². The van der Waals surface area contributed by atoms with Crippen molar-refractivity contribution in [2.24, 2.45) is 7.05 Å². The Morgan fingerprint density at radius 2 is 1.81 bits per heavy atom. The predicted molar refractivity (Wildman–Crippen MR) is 116 cm³/mol. The van der Waals surface area contributed by atoms with Gasteiger partial charge in [0.15, 0.2) is 11.2 Å². The lowest BCUT2D eigenvalue weighted by atomic mass is 10.2. The first-order valence-electron chi connectivity index (χ1n) is 11.1. The number of hydrogen-bond acceptors (Lipinski definition) is 6. The van der Waals surface area contributed by atoms with Gasteiger partial charge in [0.05, 0.1) is 25.9 Å². The summed E-state index contributed by atoms with van der Waals surface area (Å²) in [5.41, 5.74) is 2.31. The van der Waals surface area contributed by atoms with Crippen molar-refractivity contribution >= 4 is 16.9 Å². The molecule has 168 valence electrons. The molecule has 10 nitrogen and oxygen atoms in total. The van der Waals surface area contributed by atoms with Gasteiger partial charge in [0, 0.05) is 51.2 Å². The summed E-state index contributed by atoms with van der Waals surface area (Å²) < 4.78 is 18.1. The Labute approximate surface area is 179 Å². The summed E-state index contributed by atoms with van der Waals surface area (Å²) >= 11 is 0. The molecular weight excluding hydrogens is 400 g/mol. The van der Waals surface area contributed by atoms with Gasteiger partial charge in [-0.1, -0.05) is 0 Å². The summed E-state index contributed by atoms with van der Waals surface area (Å²) in [6.45, 7) is 9.54. The van der Waals surface area contributed by atoms with Gasteiger partial charge in [0.1, 0.15) is 0 Å². The van der Waals surface area contributed by atoms with Crippen LogP contribution in [0.3, 0.4) is 0 Å². The quantitative estimate of drug-likeness (QED) is 0.578. The second kappa shape index (κ2) is 7.92. The van der Waals surface area contributed by atoms with Crippen LogP contribution in [-0.2, 0) is 29.6 Å². The minimum absolute atomic E-state index is 0.156. The average molecular weight is 431 g/mol. The van der Waals surface area contributed by atoms with Crippen LogP contribution in [0.4, 0.5) is 0 Å². The van der Waals surface area contributed by atoms with E-state index in [1.165, 1.54) is 9.13 Å². The van der Waals surface area contributed by atoms with Crippen molar-refractivity contribution < 1.29 is 9.47 Å². The van der Waals surface area contributed by atoms with E-state index in [0.29, 0.717) is 49.8 Å². The maximum atomic E-state index is 13.5. The van der Waals surface area contributed by atoms with Gasteiger partial charge in [-0.15, -0.1) is 0 Å². The SMILES string of the molecule is Cc1c(C)n2c3c(=O)n(CCN4CCOCC4)c(=O)n(C)c3nc2n1C[C@@H]1CCCO1. The molecule has 3 aromatic rings. The number of imidazole rings is 2. The molecule has 0 saturated carbocycles. The van der Waals surface area contributed by atoms with Crippen LogP contribution in [0.5, 0.6) is 0 Å². The standard InChI is InChI=1S/C21H30N6O4/c1-14-15(2)27-17-18(22-20(27)26(14)13-16-5-4-10-31-16)23(3)21(29)25(19(17)28)7-6-24-8-11-30-12-9-24/h16H,4-13H2,1-3H3/t16-/m0/s1. The fourth-order valence-corrected chi connectivity index (χ4v) is 4.79. The van der Waals surface area contributed by atoms with Crippen molar-refractivity contribution in [3.05, 3.63) is 32.2 Å². The molecule has 2 aliphatic heterocycles. The van der Waals surface area contributed by atoms with Crippen molar-refractivity contribution in [1.29, 1.82) is 0 Å². The molecular formula is C21H30N6O4. The molecule has 2 fully saturated rings. The topological polar surface area (TPSA) is 87.9 Å². The van der Waals surface area contributed by atoms with Crippen LogP contribution in [0.25, 0.3) is 16.9 Å². The molecule has 0 unspecified atom stereocenters. The highest BCUT2D eigenvalue weighted by Gasteiger charge is 2.25. The Hall–Kier alpha value is -2.43. The summed E-state index contributed by atoms with van der Waals surface area (Å²) in [6.07, 6.45) is 2.25. The van der Waals surface area contributed by atoms with E-state index >= 15 is 0 Å². The highest BCUT2D eigenvalue weighted by atomic mass is 16.5. The molecule has 0 spiro atoms. The average Bonchev–Trinajstić information content (AvgIpc) is 3.48. The van der Waals surface area contributed by atoms with Crippen LogP contribution < -0.4 is 11.2 Å². The van der Waals surface area contributed by atoms with Gasteiger partial charge < -0.3 is 14.0 Å². The van der Waals surface area contributed by atoms with Gasteiger partial charge >= 0.3 is 5.69 Å². The number of hydrogen-bond donors (Lipinski definition) is 0. The molecule has 0 radical (unpaired) electrons. The van der Waals surface area contributed by atoms with Crippen LogP contribution in [0.1, 0.15) is 24.2 Å². The van der Waals surface area contributed by atoms with Crippen molar-refractivity contribution in [1.82, 2.24) is 28.0 Å². The third-order valence-corrected chi connectivity index (χ3v) is 6.78. The van der Waals surface area contributed by atoms with Gasteiger partial charge in [0.25, 0.3) is 5.56 Å². The molecule has 2 saturated heterocycles. The van der Waals surface area contributed by atoms with Crippen LogP contribution in [0.15, 0.2) is 9.59 Å². The monoisotopic (exact) mass is 430 g/mol. The van der Waals surface area contributed by atoms with E-state index in [1.807, 2.05) is 18.2 Å². The normalized spacial score (nSPS) is 20.4. The molecule has 0 aromatic carbocycles. The predicted octanol–water partition coefficient (Wildman–Crippen LogP) is 0.277. The third-order valence-electron chi connectivity index (χ3n) is 6.78. The molecule has 0 amide bonds. The maximum Gasteiger partial charge on any atom is 0.332 e. The number of aryl methyl sites for hydroxylation is 2. The minimum atomic E-state index is -0.327. The van der Waals surface area contributed by atoms with E-state index in [1.54, 1.807) is 7.05 Å². The zero-order valence-corrected chi connectivity index (χ0v) is 18.5. The van der Waals surface area contributed by atoms with Crippen LogP contribution >= 0.6 is 0 Å². The fourth-order valence-electron chi connectivity index (χ4n) is 4.79. The number of aromatic nitrogens is 5. The van der Waals surface area contributed by atoms with E-state index in [4.69, 9.17) is 14.5 Å². The highest BCUT2D eigenvalue weighted by molar-refractivity contribution is 5.76. The Morgan fingerprint density at radius 3 is 2.52 bits per heavy atom. The van der Waals surface area contributed by atoms with Crippen molar-refractivity contribution in [3.63, 3.8) is 0 Å². The number of fused-ring (bicyclic) bond motifs is 3. The third kappa shape index (κ3) is 3.33. The summed E-state index contributed by atoms with van der Waals surface area (Å²) in [5, 5.41) is 0. The molecule has 5 rings (SSSR count). The Bertz CT molecular complexity index is 1240. The largest absolute Gasteiger partial charge is 0.379 e. The first-order valence-corrected chi connectivity index (χ1v) is 11.1. The molecule has 31 heavy (non-hydrogen) atoms. The first kappa shape index (κ1) is 20.5. The molecule has 3 aromatic heterocycles. The van der Waals surface area contributed by atoms with Crippen LogP contribution in [0, 0.1) is 13.8 Å². The smallest absolute Gasteiger partial charge is 0.332 e. The van der Waals surface area contributed by atoms with E-state index in [2.05, 4.69) is 9.47 Å². The molecule has 0 bridgehead atoms. The molecule has 0 aliphatic carbocycles. The van der Waals surface area contributed by atoms with E-state index in [0.717, 1.165) is 43.9 Å². The molecule has 0 N–H and O–H groups in total. The lowest BCUT2D eigenvalue weighted by molar-refractivity contribution is 0.0361. The summed E-state index contributed by atoms with van der Waals surface area (Å²) in [7, 11) is 1.69. The van der Waals surface area contributed by atoms with Gasteiger partial charge in [-0.3, -0.25) is 23.2 Å². The molecule has 5 heterocycles. The maximum absolute atomic E-state index is 13.5. The number of ether oxygens (including phenoxy) is 2. The second-order valence-corrected chi connectivity index (χ2v) is 8.59. The first-order chi connectivity index (χ1) is 15.0. The number of morpholine rings is 1. The summed E-state index contributed by atoms with van der Waals surface area (Å²) in [6, 6.07) is 0. The zero-order chi connectivity index (χ0) is 21.7. The number of rotatable bonds is 5. The van der Waals surface area contributed by atoms with Crippen LogP contribution in [-0.4, -0.2) is 73.5 Å². The summed E-state index contributed by atoms with van der Waals surface area (Å²) in [5.74, 6) is 0.693. The van der Waals surface area contributed by atoms with Crippen molar-refractivity contribution in [2.45, 2.75) is 45.9 Å². The molecule has 2 aliphatic rings. The van der Waals surface area contributed by atoms with Crippen molar-refractivity contribution in [3.8, 4) is 0 Å².